The van der Waals surface area contributed by atoms with Crippen molar-refractivity contribution in [3.8, 4) is 0 Å². The Morgan fingerprint density at radius 2 is 2.05 bits per heavy atom. The molecule has 0 radical (unpaired) electrons. The highest BCUT2D eigenvalue weighted by Gasteiger charge is 2.26. The van der Waals surface area contributed by atoms with E-state index < -0.39 is 0 Å². The number of fused-ring (bicyclic) bond motifs is 1. The maximum atomic E-state index is 5.90. The van der Waals surface area contributed by atoms with Crippen molar-refractivity contribution in [3.63, 3.8) is 0 Å². The third-order valence-electron chi connectivity index (χ3n) is 3.72. The summed E-state index contributed by atoms with van der Waals surface area (Å²) in [5.74, 6) is 1.71. The Morgan fingerprint density at radius 1 is 1.35 bits per heavy atom. The number of hydrogen-bond acceptors (Lipinski definition) is 5. The number of ether oxygens (including phenoxy) is 1. The summed E-state index contributed by atoms with van der Waals surface area (Å²) < 4.78 is 10.3. The predicted octanol–water partition coefficient (Wildman–Crippen LogP) is 1.47. The summed E-state index contributed by atoms with van der Waals surface area (Å²) in [5.41, 5.74) is 8.67. The van der Waals surface area contributed by atoms with Crippen LogP contribution in [0.5, 0.6) is 0 Å². The molecule has 1 aliphatic carbocycles. The number of benzene rings is 1. The molecular weight excluding hydrogens is 254 g/mol. The monoisotopic (exact) mass is 273 g/mol. The first kappa shape index (κ1) is 13.3. The summed E-state index contributed by atoms with van der Waals surface area (Å²) in [5, 5.41) is 4.11. The molecular formula is C15H19N3O2. The molecule has 1 atom stereocenters. The minimum Gasteiger partial charge on any atom is -0.383 e. The lowest BCUT2D eigenvalue weighted by atomic mass is 10.1. The van der Waals surface area contributed by atoms with Gasteiger partial charge in [-0.15, -0.1) is 0 Å². The minimum absolute atomic E-state index is 0.103. The van der Waals surface area contributed by atoms with Crippen LogP contribution in [0.25, 0.3) is 0 Å². The maximum Gasteiger partial charge on any atom is 0.228 e. The van der Waals surface area contributed by atoms with Crippen LogP contribution in [0.2, 0.25) is 0 Å². The molecule has 1 aromatic carbocycles. The number of rotatable bonds is 5. The molecule has 2 aromatic rings. The first-order chi connectivity index (χ1) is 9.76. The molecule has 5 nitrogen and oxygen atoms in total. The standard InChI is InChI=1S/C15H19N3O2/c1-19-9-13(16)8-14-17-15(18-20-14)12-6-10-4-2-3-5-11(10)7-12/h2-5,12-13H,6-9,16H2,1H3. The second kappa shape index (κ2) is 5.73. The van der Waals surface area contributed by atoms with E-state index in [-0.39, 0.29) is 6.04 Å². The van der Waals surface area contributed by atoms with E-state index in [1.54, 1.807) is 7.11 Å². The van der Waals surface area contributed by atoms with Gasteiger partial charge >= 0.3 is 0 Å². The lowest BCUT2D eigenvalue weighted by molar-refractivity contribution is 0.176. The van der Waals surface area contributed by atoms with Crippen molar-refractivity contribution in [1.29, 1.82) is 0 Å². The van der Waals surface area contributed by atoms with E-state index in [0.717, 1.165) is 18.7 Å². The molecule has 0 spiro atoms. The van der Waals surface area contributed by atoms with E-state index in [1.807, 2.05) is 0 Å². The Morgan fingerprint density at radius 3 is 2.70 bits per heavy atom. The molecule has 1 unspecified atom stereocenters. The van der Waals surface area contributed by atoms with Gasteiger partial charge in [0.1, 0.15) is 0 Å². The van der Waals surface area contributed by atoms with Crippen LogP contribution in [-0.2, 0) is 24.0 Å². The molecule has 20 heavy (non-hydrogen) atoms. The van der Waals surface area contributed by atoms with E-state index in [9.17, 15) is 0 Å². The molecule has 1 heterocycles. The van der Waals surface area contributed by atoms with Gasteiger partial charge in [0.15, 0.2) is 5.82 Å². The highest BCUT2D eigenvalue weighted by Crippen LogP contribution is 2.32. The van der Waals surface area contributed by atoms with Gasteiger partial charge in [0, 0.05) is 25.5 Å². The van der Waals surface area contributed by atoms with Crippen molar-refractivity contribution in [2.75, 3.05) is 13.7 Å². The van der Waals surface area contributed by atoms with Crippen molar-refractivity contribution in [2.45, 2.75) is 31.2 Å². The summed E-state index contributed by atoms with van der Waals surface area (Å²) >= 11 is 0. The van der Waals surface area contributed by atoms with Gasteiger partial charge in [-0.1, -0.05) is 29.4 Å². The molecule has 0 bridgehead atoms. The number of nitrogens with two attached hydrogens (primary N) is 1. The first-order valence-corrected chi connectivity index (χ1v) is 6.90. The van der Waals surface area contributed by atoms with Crippen LogP contribution in [0.3, 0.4) is 0 Å². The van der Waals surface area contributed by atoms with Crippen molar-refractivity contribution in [1.82, 2.24) is 10.1 Å². The van der Waals surface area contributed by atoms with Crippen LogP contribution in [0.1, 0.15) is 28.8 Å². The van der Waals surface area contributed by atoms with Crippen molar-refractivity contribution in [3.05, 3.63) is 47.1 Å². The normalized spacial score (nSPS) is 16.3. The average molecular weight is 273 g/mol. The van der Waals surface area contributed by atoms with Gasteiger partial charge in [0.25, 0.3) is 0 Å². The minimum atomic E-state index is -0.103. The van der Waals surface area contributed by atoms with Crippen LogP contribution >= 0.6 is 0 Å². The van der Waals surface area contributed by atoms with Gasteiger partial charge in [-0.2, -0.15) is 4.98 Å². The quantitative estimate of drug-likeness (QED) is 0.893. The summed E-state index contributed by atoms with van der Waals surface area (Å²) in [6.45, 7) is 0.493. The number of methoxy groups -OCH3 is 1. The zero-order chi connectivity index (χ0) is 13.9. The summed E-state index contributed by atoms with van der Waals surface area (Å²) in [4.78, 5) is 4.48. The van der Waals surface area contributed by atoms with Crippen LogP contribution in [0.4, 0.5) is 0 Å². The SMILES string of the molecule is COCC(N)Cc1nc(C2Cc3ccccc3C2)no1. The van der Waals surface area contributed by atoms with Crippen LogP contribution in [0.15, 0.2) is 28.8 Å². The topological polar surface area (TPSA) is 74.2 Å². The van der Waals surface area contributed by atoms with E-state index >= 15 is 0 Å². The highest BCUT2D eigenvalue weighted by atomic mass is 16.5. The zero-order valence-corrected chi connectivity index (χ0v) is 11.6. The first-order valence-electron chi connectivity index (χ1n) is 6.90. The predicted molar refractivity (Wildman–Crippen MR) is 74.4 cm³/mol. The number of aromatic nitrogens is 2. The Bertz CT molecular complexity index is 557. The lowest BCUT2D eigenvalue weighted by Crippen LogP contribution is -2.28. The second-order valence-corrected chi connectivity index (χ2v) is 5.34. The second-order valence-electron chi connectivity index (χ2n) is 5.34. The van der Waals surface area contributed by atoms with Crippen molar-refractivity contribution in [2.24, 2.45) is 5.73 Å². The third kappa shape index (κ3) is 2.73. The number of hydrogen-bond donors (Lipinski definition) is 1. The van der Waals surface area contributed by atoms with Gasteiger partial charge < -0.3 is 15.0 Å². The van der Waals surface area contributed by atoms with Gasteiger partial charge in [0.05, 0.1) is 6.61 Å². The highest BCUT2D eigenvalue weighted by molar-refractivity contribution is 5.34. The summed E-state index contributed by atoms with van der Waals surface area (Å²) in [7, 11) is 1.63. The third-order valence-corrected chi connectivity index (χ3v) is 3.72. The van der Waals surface area contributed by atoms with Gasteiger partial charge in [0.2, 0.25) is 5.89 Å². The fourth-order valence-electron chi connectivity index (χ4n) is 2.76. The largest absolute Gasteiger partial charge is 0.383 e. The summed E-state index contributed by atoms with van der Waals surface area (Å²) in [6, 6.07) is 8.39. The lowest BCUT2D eigenvalue weighted by Gasteiger charge is -2.05. The van der Waals surface area contributed by atoms with E-state index in [1.165, 1.54) is 11.1 Å². The maximum absolute atomic E-state index is 5.90. The smallest absolute Gasteiger partial charge is 0.228 e. The Kier molecular flexibility index (Phi) is 3.80. The molecule has 1 aliphatic rings. The summed E-state index contributed by atoms with van der Waals surface area (Å²) in [6.07, 6.45) is 2.53. The molecule has 2 N–H and O–H groups in total. The Hall–Kier alpha value is -1.72. The average Bonchev–Trinajstić information content (AvgIpc) is 3.04. The van der Waals surface area contributed by atoms with Crippen LogP contribution < -0.4 is 5.73 Å². The van der Waals surface area contributed by atoms with Crippen LogP contribution in [0, 0.1) is 0 Å². The Labute approximate surface area is 118 Å². The van der Waals surface area contributed by atoms with E-state index in [0.29, 0.717) is 24.8 Å². The molecule has 0 fully saturated rings. The van der Waals surface area contributed by atoms with E-state index in [2.05, 4.69) is 34.4 Å². The molecule has 0 saturated carbocycles. The molecule has 5 heteroatoms. The van der Waals surface area contributed by atoms with Gasteiger partial charge in [-0.05, 0) is 24.0 Å². The zero-order valence-electron chi connectivity index (χ0n) is 11.6. The molecule has 0 aliphatic heterocycles. The molecule has 1 aromatic heterocycles. The Balaban J connectivity index is 1.67. The van der Waals surface area contributed by atoms with Crippen molar-refractivity contribution >= 4 is 0 Å². The number of nitrogens with zero attached hydrogens (tertiary/aromatic N) is 2. The van der Waals surface area contributed by atoms with Gasteiger partial charge in [-0.25, -0.2) is 0 Å². The van der Waals surface area contributed by atoms with Crippen LogP contribution in [-0.4, -0.2) is 29.9 Å². The van der Waals surface area contributed by atoms with E-state index in [4.69, 9.17) is 15.0 Å². The molecule has 3 rings (SSSR count). The molecule has 0 saturated heterocycles. The van der Waals surface area contributed by atoms with Gasteiger partial charge in [-0.3, -0.25) is 0 Å². The molecule has 106 valence electrons. The molecule has 0 amide bonds. The fourth-order valence-corrected chi connectivity index (χ4v) is 2.76. The fraction of sp³-hybridized carbons (Fsp3) is 0.467. The van der Waals surface area contributed by atoms with Crippen molar-refractivity contribution < 1.29 is 9.26 Å².